The number of carbonyl (C=O) groups excluding carboxylic acids is 1. The molecule has 0 spiro atoms. The lowest BCUT2D eigenvalue weighted by Gasteiger charge is -2.10. The fourth-order valence-electron chi connectivity index (χ4n) is 1.82. The van der Waals surface area contributed by atoms with E-state index in [1.807, 2.05) is 30.4 Å². The zero-order valence-corrected chi connectivity index (χ0v) is 9.18. The van der Waals surface area contributed by atoms with Crippen molar-refractivity contribution in [3.63, 3.8) is 0 Å². The van der Waals surface area contributed by atoms with Gasteiger partial charge in [-0.1, -0.05) is 30.4 Å². The van der Waals surface area contributed by atoms with Crippen molar-refractivity contribution in [3.8, 4) is 0 Å². The molecular formula is C14H14O2. The number of hydrogen-bond acceptors (Lipinski definition) is 2. The lowest BCUT2D eigenvalue weighted by Crippen LogP contribution is -2.15. The molecule has 0 bridgehead atoms. The molecule has 0 saturated heterocycles. The Bertz CT molecular complexity index is 468. The molecule has 0 aromatic heterocycles. The first kappa shape index (κ1) is 10.8. The number of aliphatic hydroxyl groups is 1. The fraction of sp³-hybridized carbons (Fsp3) is 0.214. The molecule has 16 heavy (non-hydrogen) atoms. The summed E-state index contributed by atoms with van der Waals surface area (Å²) in [6, 6.07) is 5.84. The van der Waals surface area contributed by atoms with Crippen molar-refractivity contribution in [1.82, 2.24) is 0 Å². The smallest absolute Gasteiger partial charge is 0.124 e. The molecule has 1 aromatic rings. The fourth-order valence-corrected chi connectivity index (χ4v) is 1.82. The van der Waals surface area contributed by atoms with E-state index in [-0.39, 0.29) is 0 Å². The Labute approximate surface area is 94.9 Å². The quantitative estimate of drug-likeness (QED) is 0.766. The third-order valence-electron chi connectivity index (χ3n) is 2.72. The molecule has 0 aliphatic heterocycles. The Morgan fingerprint density at radius 1 is 1.31 bits per heavy atom. The van der Waals surface area contributed by atoms with Gasteiger partial charge in [0, 0.05) is 6.42 Å². The summed E-state index contributed by atoms with van der Waals surface area (Å²) in [5, 5.41) is 9.90. The van der Waals surface area contributed by atoms with E-state index in [9.17, 15) is 9.90 Å². The van der Waals surface area contributed by atoms with Gasteiger partial charge in [-0.3, -0.25) is 0 Å². The highest BCUT2D eigenvalue weighted by Crippen LogP contribution is 2.24. The van der Waals surface area contributed by atoms with Crippen LogP contribution in [-0.2, 0) is 11.2 Å². The summed E-state index contributed by atoms with van der Waals surface area (Å²) in [6.45, 7) is 1.73. The largest absolute Gasteiger partial charge is 0.382 e. The topological polar surface area (TPSA) is 37.3 Å². The van der Waals surface area contributed by atoms with Gasteiger partial charge < -0.3 is 9.90 Å². The third kappa shape index (κ3) is 2.12. The molecule has 0 radical (unpaired) electrons. The van der Waals surface area contributed by atoms with Crippen LogP contribution in [0.5, 0.6) is 0 Å². The third-order valence-corrected chi connectivity index (χ3v) is 2.72. The Hall–Kier alpha value is -1.67. The van der Waals surface area contributed by atoms with E-state index in [0.29, 0.717) is 6.42 Å². The minimum absolute atomic E-state index is 0.406. The van der Waals surface area contributed by atoms with Gasteiger partial charge in [0.25, 0.3) is 0 Å². The van der Waals surface area contributed by atoms with E-state index >= 15 is 0 Å². The van der Waals surface area contributed by atoms with E-state index in [4.69, 9.17) is 0 Å². The van der Waals surface area contributed by atoms with Crippen molar-refractivity contribution < 1.29 is 9.90 Å². The van der Waals surface area contributed by atoms with Crippen molar-refractivity contribution in [2.24, 2.45) is 0 Å². The van der Waals surface area contributed by atoms with Crippen LogP contribution in [0.25, 0.3) is 12.2 Å². The zero-order chi connectivity index (χ0) is 11.6. The van der Waals surface area contributed by atoms with E-state index in [1.165, 1.54) is 0 Å². The van der Waals surface area contributed by atoms with E-state index in [1.54, 1.807) is 19.1 Å². The molecule has 2 rings (SSSR count). The summed E-state index contributed by atoms with van der Waals surface area (Å²) in [5.74, 6) is 0. The van der Waals surface area contributed by atoms with Crippen LogP contribution in [0.2, 0.25) is 0 Å². The van der Waals surface area contributed by atoms with Gasteiger partial charge in [0.15, 0.2) is 0 Å². The number of carbonyl (C=O) groups is 1. The number of benzene rings is 1. The molecule has 1 atom stereocenters. The monoisotopic (exact) mass is 214 g/mol. The highest BCUT2D eigenvalue weighted by Gasteiger charge is 2.15. The number of hydrogen-bond donors (Lipinski definition) is 1. The van der Waals surface area contributed by atoms with Crippen LogP contribution in [0.1, 0.15) is 23.6 Å². The molecule has 1 aromatic carbocycles. The molecule has 1 N–H and O–H groups in total. The van der Waals surface area contributed by atoms with Crippen LogP contribution >= 0.6 is 0 Å². The Morgan fingerprint density at radius 3 is 2.81 bits per heavy atom. The van der Waals surface area contributed by atoms with Crippen LogP contribution in [0, 0.1) is 0 Å². The van der Waals surface area contributed by atoms with Crippen LogP contribution in [0.3, 0.4) is 0 Å². The number of fused-ring (bicyclic) bond motifs is 1. The summed E-state index contributed by atoms with van der Waals surface area (Å²) in [5.41, 5.74) is 2.13. The Morgan fingerprint density at radius 2 is 2.06 bits per heavy atom. The molecule has 0 saturated carbocycles. The molecule has 0 fully saturated rings. The zero-order valence-electron chi connectivity index (χ0n) is 9.18. The minimum atomic E-state index is -0.919. The molecule has 2 heteroatoms. The average molecular weight is 214 g/mol. The van der Waals surface area contributed by atoms with Crippen LogP contribution in [0.15, 0.2) is 30.4 Å². The van der Waals surface area contributed by atoms with E-state index in [2.05, 4.69) is 0 Å². The van der Waals surface area contributed by atoms with Gasteiger partial charge in [-0.2, -0.15) is 0 Å². The second-order valence-electron chi connectivity index (χ2n) is 4.18. The number of aldehydes is 1. The SMILES string of the molecule is CC1(O)C=Cc2cccc(CC=O)c2C=C1. The van der Waals surface area contributed by atoms with E-state index in [0.717, 1.165) is 23.0 Å². The first-order valence-electron chi connectivity index (χ1n) is 5.29. The summed E-state index contributed by atoms with van der Waals surface area (Å²) >= 11 is 0. The van der Waals surface area contributed by atoms with Crippen LogP contribution in [-0.4, -0.2) is 17.0 Å². The van der Waals surface area contributed by atoms with Gasteiger partial charge >= 0.3 is 0 Å². The molecule has 1 aliphatic rings. The van der Waals surface area contributed by atoms with Gasteiger partial charge in [0.2, 0.25) is 0 Å². The predicted octanol–water partition coefficient (Wildman–Crippen LogP) is 2.22. The van der Waals surface area contributed by atoms with Gasteiger partial charge in [0.05, 0.1) is 5.60 Å². The predicted molar refractivity (Wildman–Crippen MR) is 64.9 cm³/mol. The second kappa shape index (κ2) is 4.06. The summed E-state index contributed by atoms with van der Waals surface area (Å²) in [4.78, 5) is 10.6. The molecule has 0 heterocycles. The number of rotatable bonds is 2. The first-order chi connectivity index (χ1) is 7.62. The first-order valence-corrected chi connectivity index (χ1v) is 5.29. The minimum Gasteiger partial charge on any atom is -0.382 e. The Balaban J connectivity index is 2.54. The maximum absolute atomic E-state index is 10.6. The van der Waals surface area contributed by atoms with Gasteiger partial charge in [-0.15, -0.1) is 0 Å². The summed E-state index contributed by atoms with van der Waals surface area (Å²) in [7, 11) is 0. The van der Waals surface area contributed by atoms with Crippen LogP contribution < -0.4 is 0 Å². The highest BCUT2D eigenvalue weighted by molar-refractivity contribution is 5.73. The lowest BCUT2D eigenvalue weighted by molar-refractivity contribution is -0.107. The standard InChI is InChI=1S/C14H14O2/c1-14(16)8-5-11-3-2-4-12(7-10-15)13(11)6-9-14/h2-6,8-10,16H,7H2,1H3. The lowest BCUT2D eigenvalue weighted by atomic mass is 9.99. The second-order valence-corrected chi connectivity index (χ2v) is 4.18. The van der Waals surface area contributed by atoms with Crippen molar-refractivity contribution in [3.05, 3.63) is 47.0 Å². The molecular weight excluding hydrogens is 200 g/mol. The van der Waals surface area contributed by atoms with Gasteiger partial charge in [-0.05, 0) is 35.8 Å². The summed E-state index contributed by atoms with van der Waals surface area (Å²) < 4.78 is 0. The van der Waals surface area contributed by atoms with E-state index < -0.39 is 5.60 Å². The average Bonchev–Trinajstić information content (AvgIpc) is 2.40. The molecule has 82 valence electrons. The molecule has 1 aliphatic carbocycles. The normalized spacial score (nSPS) is 22.6. The Kier molecular flexibility index (Phi) is 2.75. The summed E-state index contributed by atoms with van der Waals surface area (Å²) in [6.07, 6.45) is 8.57. The highest BCUT2D eigenvalue weighted by atomic mass is 16.3. The van der Waals surface area contributed by atoms with Crippen molar-refractivity contribution in [2.45, 2.75) is 18.9 Å². The van der Waals surface area contributed by atoms with Crippen molar-refractivity contribution >= 4 is 18.4 Å². The molecule has 0 amide bonds. The maximum atomic E-state index is 10.6. The van der Waals surface area contributed by atoms with Crippen LogP contribution in [0.4, 0.5) is 0 Å². The molecule has 2 nitrogen and oxygen atoms in total. The molecule has 1 unspecified atom stereocenters. The maximum Gasteiger partial charge on any atom is 0.124 e. The van der Waals surface area contributed by atoms with Gasteiger partial charge in [-0.25, -0.2) is 0 Å². The van der Waals surface area contributed by atoms with Crippen molar-refractivity contribution in [2.75, 3.05) is 0 Å². The van der Waals surface area contributed by atoms with Gasteiger partial charge in [0.1, 0.15) is 6.29 Å². The van der Waals surface area contributed by atoms with Crippen molar-refractivity contribution in [1.29, 1.82) is 0 Å².